The van der Waals surface area contributed by atoms with Gasteiger partial charge in [0.25, 0.3) is 5.91 Å². The molecular formula is C22H29N3O3S. The van der Waals surface area contributed by atoms with Gasteiger partial charge in [0.05, 0.1) is 4.90 Å². The minimum absolute atomic E-state index is 0.0763. The monoisotopic (exact) mass is 415 g/mol. The number of piperidine rings is 1. The average molecular weight is 416 g/mol. The van der Waals surface area contributed by atoms with E-state index in [9.17, 15) is 13.2 Å². The number of likely N-dealkylation sites (tertiary alicyclic amines) is 1. The van der Waals surface area contributed by atoms with Gasteiger partial charge in [-0.3, -0.25) is 9.69 Å². The fourth-order valence-electron chi connectivity index (χ4n) is 3.55. The molecule has 1 amide bonds. The van der Waals surface area contributed by atoms with E-state index in [1.807, 2.05) is 18.2 Å². The third-order valence-corrected chi connectivity index (χ3v) is 6.92. The van der Waals surface area contributed by atoms with Crippen LogP contribution in [0.4, 0.5) is 0 Å². The summed E-state index contributed by atoms with van der Waals surface area (Å²) >= 11 is 0. The molecule has 0 bridgehead atoms. The van der Waals surface area contributed by atoms with E-state index >= 15 is 0 Å². The summed E-state index contributed by atoms with van der Waals surface area (Å²) in [6.07, 6.45) is 2.45. The molecule has 1 fully saturated rings. The van der Waals surface area contributed by atoms with Crippen molar-refractivity contribution in [2.75, 3.05) is 20.1 Å². The fraction of sp³-hybridized carbons (Fsp3) is 0.409. The van der Waals surface area contributed by atoms with Crippen LogP contribution in [-0.2, 0) is 23.1 Å². The molecule has 2 aromatic carbocycles. The molecule has 6 nitrogen and oxygen atoms in total. The first-order chi connectivity index (χ1) is 13.9. The summed E-state index contributed by atoms with van der Waals surface area (Å²) in [5.74, 6) is 0.503. The number of rotatable bonds is 7. The maximum absolute atomic E-state index is 12.6. The summed E-state index contributed by atoms with van der Waals surface area (Å²) in [5, 5.41) is 2.92. The Kier molecular flexibility index (Phi) is 7.05. The number of carbonyl (C=O) groups excluding carboxylic acids is 1. The molecule has 0 spiro atoms. The Hall–Kier alpha value is -2.22. The summed E-state index contributed by atoms with van der Waals surface area (Å²) < 4.78 is 26.2. The molecule has 1 heterocycles. The van der Waals surface area contributed by atoms with E-state index in [0.717, 1.165) is 31.1 Å². The standard InChI is InChI=1S/C22H29N3O3S/c1-17-10-12-25(13-11-17)16-20-7-4-3-6-19(20)15-24-22(26)18-8-5-9-21(14-18)29(27,28)23-2/h3-9,14,17,23H,10-13,15-16H2,1-2H3,(H,24,26). The second kappa shape index (κ2) is 9.52. The molecular weight excluding hydrogens is 386 g/mol. The van der Waals surface area contributed by atoms with Crippen molar-refractivity contribution in [1.29, 1.82) is 0 Å². The van der Waals surface area contributed by atoms with Gasteiger partial charge in [0.2, 0.25) is 10.0 Å². The molecule has 0 saturated carbocycles. The Morgan fingerprint density at radius 3 is 2.45 bits per heavy atom. The number of amides is 1. The lowest BCUT2D eigenvalue weighted by molar-refractivity contribution is 0.0950. The highest BCUT2D eigenvalue weighted by Crippen LogP contribution is 2.20. The first-order valence-corrected chi connectivity index (χ1v) is 11.5. The van der Waals surface area contributed by atoms with Gasteiger partial charge in [-0.05, 0) is 68.2 Å². The van der Waals surface area contributed by atoms with Crippen LogP contribution in [-0.4, -0.2) is 39.4 Å². The van der Waals surface area contributed by atoms with Gasteiger partial charge in [-0.15, -0.1) is 0 Å². The van der Waals surface area contributed by atoms with Crippen LogP contribution in [0, 0.1) is 5.92 Å². The van der Waals surface area contributed by atoms with Crippen molar-refractivity contribution in [3.63, 3.8) is 0 Å². The maximum Gasteiger partial charge on any atom is 0.251 e. The van der Waals surface area contributed by atoms with E-state index in [0.29, 0.717) is 12.1 Å². The second-order valence-corrected chi connectivity index (χ2v) is 9.53. The number of nitrogens with one attached hydrogen (secondary N) is 2. The predicted molar refractivity (Wildman–Crippen MR) is 114 cm³/mol. The topological polar surface area (TPSA) is 78.5 Å². The highest BCUT2D eigenvalue weighted by atomic mass is 32.2. The number of sulfonamides is 1. The molecule has 1 aliphatic rings. The number of hydrogen-bond acceptors (Lipinski definition) is 4. The largest absolute Gasteiger partial charge is 0.348 e. The molecule has 156 valence electrons. The molecule has 29 heavy (non-hydrogen) atoms. The van der Waals surface area contributed by atoms with E-state index in [2.05, 4.69) is 27.9 Å². The van der Waals surface area contributed by atoms with Crippen LogP contribution in [0.3, 0.4) is 0 Å². The highest BCUT2D eigenvalue weighted by molar-refractivity contribution is 7.89. The molecule has 0 aromatic heterocycles. The van der Waals surface area contributed by atoms with E-state index in [4.69, 9.17) is 0 Å². The third-order valence-electron chi connectivity index (χ3n) is 5.50. The summed E-state index contributed by atoms with van der Waals surface area (Å²) in [6, 6.07) is 14.2. The number of hydrogen-bond donors (Lipinski definition) is 2. The molecule has 7 heteroatoms. The zero-order valence-corrected chi connectivity index (χ0v) is 17.8. The van der Waals surface area contributed by atoms with Crippen LogP contribution in [0.25, 0.3) is 0 Å². The molecule has 0 radical (unpaired) electrons. The minimum atomic E-state index is -3.58. The summed E-state index contributed by atoms with van der Waals surface area (Å²) in [4.78, 5) is 15.1. The molecule has 1 aliphatic heterocycles. The van der Waals surface area contributed by atoms with Gasteiger partial charge >= 0.3 is 0 Å². The number of carbonyl (C=O) groups is 1. The van der Waals surface area contributed by atoms with Crippen LogP contribution in [0.2, 0.25) is 0 Å². The molecule has 0 unspecified atom stereocenters. The normalized spacial score (nSPS) is 15.9. The fourth-order valence-corrected chi connectivity index (χ4v) is 4.32. The van der Waals surface area contributed by atoms with Crippen molar-refractivity contribution < 1.29 is 13.2 Å². The lowest BCUT2D eigenvalue weighted by Gasteiger charge is -2.30. The number of benzene rings is 2. The van der Waals surface area contributed by atoms with Gasteiger partial charge in [-0.1, -0.05) is 37.3 Å². The summed E-state index contributed by atoms with van der Waals surface area (Å²) in [7, 11) is -2.23. The Morgan fingerprint density at radius 1 is 1.07 bits per heavy atom. The maximum atomic E-state index is 12.6. The van der Waals surface area contributed by atoms with Gasteiger partial charge in [0.15, 0.2) is 0 Å². The van der Waals surface area contributed by atoms with Crippen LogP contribution in [0.15, 0.2) is 53.4 Å². The Morgan fingerprint density at radius 2 is 1.76 bits per heavy atom. The Bertz CT molecular complexity index is 951. The van der Waals surface area contributed by atoms with Crippen molar-refractivity contribution in [2.24, 2.45) is 5.92 Å². The Labute approximate surface area is 173 Å². The number of nitrogens with zero attached hydrogens (tertiary/aromatic N) is 1. The highest BCUT2D eigenvalue weighted by Gasteiger charge is 2.17. The zero-order chi connectivity index (χ0) is 20.9. The SMILES string of the molecule is CNS(=O)(=O)c1cccc(C(=O)NCc2ccccc2CN2CCC(C)CC2)c1. The smallest absolute Gasteiger partial charge is 0.251 e. The minimum Gasteiger partial charge on any atom is -0.348 e. The second-order valence-electron chi connectivity index (χ2n) is 7.65. The lowest BCUT2D eigenvalue weighted by atomic mass is 9.98. The zero-order valence-electron chi connectivity index (χ0n) is 17.0. The van der Waals surface area contributed by atoms with Gasteiger partial charge in [-0.25, -0.2) is 13.1 Å². The van der Waals surface area contributed by atoms with Crippen LogP contribution >= 0.6 is 0 Å². The Balaban J connectivity index is 1.66. The van der Waals surface area contributed by atoms with Crippen molar-refractivity contribution >= 4 is 15.9 Å². The average Bonchev–Trinajstić information content (AvgIpc) is 2.74. The van der Waals surface area contributed by atoms with E-state index in [-0.39, 0.29) is 10.8 Å². The van der Waals surface area contributed by atoms with Gasteiger partial charge in [0, 0.05) is 18.7 Å². The molecule has 2 N–H and O–H groups in total. The van der Waals surface area contributed by atoms with E-state index in [1.165, 1.54) is 37.6 Å². The lowest BCUT2D eigenvalue weighted by Crippen LogP contribution is -2.33. The van der Waals surface area contributed by atoms with Crippen LogP contribution < -0.4 is 10.0 Å². The summed E-state index contributed by atoms with van der Waals surface area (Å²) in [5.41, 5.74) is 2.62. The van der Waals surface area contributed by atoms with Crippen LogP contribution in [0.1, 0.15) is 41.3 Å². The quantitative estimate of drug-likeness (QED) is 0.729. The molecule has 0 aliphatic carbocycles. The van der Waals surface area contributed by atoms with Gasteiger partial charge < -0.3 is 5.32 Å². The molecule has 3 rings (SSSR count). The molecule has 0 atom stereocenters. The van der Waals surface area contributed by atoms with Crippen molar-refractivity contribution in [3.8, 4) is 0 Å². The van der Waals surface area contributed by atoms with Crippen LogP contribution in [0.5, 0.6) is 0 Å². The third kappa shape index (κ3) is 5.65. The van der Waals surface area contributed by atoms with Crippen molar-refractivity contribution in [3.05, 3.63) is 65.2 Å². The van der Waals surface area contributed by atoms with E-state index in [1.54, 1.807) is 12.1 Å². The van der Waals surface area contributed by atoms with Crippen molar-refractivity contribution in [2.45, 2.75) is 37.8 Å². The van der Waals surface area contributed by atoms with E-state index < -0.39 is 10.0 Å². The first-order valence-electron chi connectivity index (χ1n) is 10.00. The molecule has 1 saturated heterocycles. The molecule has 2 aromatic rings. The predicted octanol–water partition coefficient (Wildman–Crippen LogP) is 2.76. The van der Waals surface area contributed by atoms with Gasteiger partial charge in [0.1, 0.15) is 0 Å². The first kappa shape index (κ1) is 21.5. The summed E-state index contributed by atoms with van der Waals surface area (Å²) in [6.45, 7) is 5.80. The van der Waals surface area contributed by atoms with Gasteiger partial charge in [-0.2, -0.15) is 0 Å². The van der Waals surface area contributed by atoms with Crippen molar-refractivity contribution in [1.82, 2.24) is 14.9 Å².